The number of hydrogen-bond acceptors (Lipinski definition) is 3. The zero-order valence-corrected chi connectivity index (χ0v) is 12.5. The standard InChI is InChI=1S/C17H20FN3/c1-11-9-13(18)7-8-14(11)17-20-15(10-16(19-2)21-17)12-5-3-4-6-12/h7-10,12H,3-6H2,1-2H3,(H,19,20,21). The minimum Gasteiger partial charge on any atom is -0.373 e. The molecule has 0 amide bonds. The molecule has 0 bridgehead atoms. The summed E-state index contributed by atoms with van der Waals surface area (Å²) in [5.74, 6) is 1.81. The number of anilines is 1. The third-order valence-corrected chi connectivity index (χ3v) is 4.20. The Morgan fingerprint density at radius 3 is 2.57 bits per heavy atom. The molecule has 1 fully saturated rings. The first-order valence-electron chi connectivity index (χ1n) is 7.50. The van der Waals surface area contributed by atoms with Crippen molar-refractivity contribution in [3.8, 4) is 11.4 Å². The third kappa shape index (κ3) is 2.89. The fraction of sp³-hybridized carbons (Fsp3) is 0.412. The largest absolute Gasteiger partial charge is 0.373 e. The SMILES string of the molecule is CNc1cc(C2CCCC2)nc(-c2ccc(F)cc2C)n1. The van der Waals surface area contributed by atoms with E-state index < -0.39 is 0 Å². The van der Waals surface area contributed by atoms with Crippen LogP contribution < -0.4 is 5.32 Å². The molecule has 1 aliphatic rings. The van der Waals surface area contributed by atoms with Gasteiger partial charge in [0.2, 0.25) is 0 Å². The molecule has 0 unspecified atom stereocenters. The zero-order valence-electron chi connectivity index (χ0n) is 12.5. The van der Waals surface area contributed by atoms with Gasteiger partial charge >= 0.3 is 0 Å². The van der Waals surface area contributed by atoms with Gasteiger partial charge < -0.3 is 5.32 Å². The molecule has 1 aromatic heterocycles. The van der Waals surface area contributed by atoms with Crippen molar-refractivity contribution in [3.63, 3.8) is 0 Å². The molecule has 2 aromatic rings. The van der Waals surface area contributed by atoms with Crippen LogP contribution in [0.3, 0.4) is 0 Å². The fourth-order valence-electron chi connectivity index (χ4n) is 3.02. The van der Waals surface area contributed by atoms with Crippen LogP contribution in [0.4, 0.5) is 10.2 Å². The summed E-state index contributed by atoms with van der Waals surface area (Å²) < 4.78 is 13.3. The topological polar surface area (TPSA) is 37.8 Å². The Labute approximate surface area is 124 Å². The highest BCUT2D eigenvalue weighted by Gasteiger charge is 2.20. The number of aromatic nitrogens is 2. The summed E-state index contributed by atoms with van der Waals surface area (Å²) in [7, 11) is 1.86. The normalized spacial score (nSPS) is 15.4. The van der Waals surface area contributed by atoms with Crippen molar-refractivity contribution in [2.75, 3.05) is 12.4 Å². The Bertz CT molecular complexity index is 648. The van der Waals surface area contributed by atoms with Crippen LogP contribution in [0.1, 0.15) is 42.9 Å². The van der Waals surface area contributed by atoms with E-state index in [9.17, 15) is 4.39 Å². The van der Waals surface area contributed by atoms with Crippen LogP contribution in [0, 0.1) is 12.7 Å². The Morgan fingerprint density at radius 1 is 1.14 bits per heavy atom. The summed E-state index contributed by atoms with van der Waals surface area (Å²) in [4.78, 5) is 9.29. The van der Waals surface area contributed by atoms with Crippen molar-refractivity contribution >= 4 is 5.82 Å². The summed E-state index contributed by atoms with van der Waals surface area (Å²) in [5, 5.41) is 3.11. The van der Waals surface area contributed by atoms with Gasteiger partial charge in [0.25, 0.3) is 0 Å². The van der Waals surface area contributed by atoms with Crippen LogP contribution in [0.2, 0.25) is 0 Å². The van der Waals surface area contributed by atoms with Crippen molar-refractivity contribution in [2.45, 2.75) is 38.5 Å². The molecular formula is C17H20FN3. The smallest absolute Gasteiger partial charge is 0.162 e. The number of aryl methyl sites for hydroxylation is 1. The van der Waals surface area contributed by atoms with Crippen LogP contribution in [-0.2, 0) is 0 Å². The predicted molar refractivity (Wildman–Crippen MR) is 82.9 cm³/mol. The van der Waals surface area contributed by atoms with Gasteiger partial charge in [0.05, 0.1) is 0 Å². The van der Waals surface area contributed by atoms with Gasteiger partial charge in [-0.2, -0.15) is 0 Å². The molecule has 0 spiro atoms. The fourth-order valence-corrected chi connectivity index (χ4v) is 3.02. The van der Waals surface area contributed by atoms with E-state index in [2.05, 4.69) is 10.3 Å². The van der Waals surface area contributed by atoms with E-state index >= 15 is 0 Å². The highest BCUT2D eigenvalue weighted by Crippen LogP contribution is 2.35. The quantitative estimate of drug-likeness (QED) is 0.914. The van der Waals surface area contributed by atoms with Crippen LogP contribution in [0.25, 0.3) is 11.4 Å². The summed E-state index contributed by atoms with van der Waals surface area (Å²) in [6.07, 6.45) is 4.94. The van der Waals surface area contributed by atoms with Gasteiger partial charge in [0.1, 0.15) is 11.6 Å². The number of rotatable bonds is 3. The van der Waals surface area contributed by atoms with Crippen molar-refractivity contribution in [1.29, 1.82) is 0 Å². The molecule has 1 aromatic carbocycles. The molecule has 0 atom stereocenters. The molecule has 0 radical (unpaired) electrons. The number of nitrogens with zero attached hydrogens (tertiary/aromatic N) is 2. The minimum atomic E-state index is -0.225. The van der Waals surface area contributed by atoms with Crippen molar-refractivity contribution in [2.24, 2.45) is 0 Å². The monoisotopic (exact) mass is 285 g/mol. The summed E-state index contributed by atoms with van der Waals surface area (Å²) in [5.41, 5.74) is 2.86. The van der Waals surface area contributed by atoms with Gasteiger partial charge in [-0.25, -0.2) is 14.4 Å². The van der Waals surface area contributed by atoms with Crippen LogP contribution in [-0.4, -0.2) is 17.0 Å². The molecule has 0 aliphatic heterocycles. The lowest BCUT2D eigenvalue weighted by Gasteiger charge is -2.13. The third-order valence-electron chi connectivity index (χ3n) is 4.20. The van der Waals surface area contributed by atoms with Crippen LogP contribution in [0.5, 0.6) is 0 Å². The zero-order chi connectivity index (χ0) is 14.8. The molecule has 4 heteroatoms. The number of benzene rings is 1. The second-order valence-corrected chi connectivity index (χ2v) is 5.69. The lowest BCUT2D eigenvalue weighted by atomic mass is 10.0. The minimum absolute atomic E-state index is 0.225. The van der Waals surface area contributed by atoms with Gasteiger partial charge in [-0.05, 0) is 43.5 Å². The van der Waals surface area contributed by atoms with E-state index in [0.717, 1.165) is 22.6 Å². The van der Waals surface area contributed by atoms with E-state index in [1.165, 1.54) is 37.8 Å². The second kappa shape index (κ2) is 5.80. The molecule has 110 valence electrons. The Hall–Kier alpha value is -1.97. The molecule has 3 rings (SSSR count). The van der Waals surface area contributed by atoms with Gasteiger partial charge in [-0.1, -0.05) is 12.8 Å². The molecule has 1 heterocycles. The van der Waals surface area contributed by atoms with E-state index in [-0.39, 0.29) is 5.82 Å². The Morgan fingerprint density at radius 2 is 1.90 bits per heavy atom. The lowest BCUT2D eigenvalue weighted by molar-refractivity contribution is 0.627. The average molecular weight is 285 g/mol. The Kier molecular flexibility index (Phi) is 3.86. The predicted octanol–water partition coefficient (Wildman–Crippen LogP) is 4.29. The highest BCUT2D eigenvalue weighted by atomic mass is 19.1. The van der Waals surface area contributed by atoms with E-state index in [4.69, 9.17) is 4.98 Å². The maximum atomic E-state index is 13.3. The van der Waals surface area contributed by atoms with Crippen molar-refractivity contribution < 1.29 is 4.39 Å². The molecule has 21 heavy (non-hydrogen) atoms. The van der Waals surface area contributed by atoms with Gasteiger partial charge in [0, 0.05) is 30.3 Å². The number of nitrogens with one attached hydrogen (secondary N) is 1. The number of halogens is 1. The first kappa shape index (κ1) is 14.0. The van der Waals surface area contributed by atoms with Crippen molar-refractivity contribution in [3.05, 3.63) is 41.3 Å². The summed E-state index contributed by atoms with van der Waals surface area (Å²) in [6, 6.07) is 6.79. The highest BCUT2D eigenvalue weighted by molar-refractivity contribution is 5.62. The lowest BCUT2D eigenvalue weighted by Crippen LogP contribution is -2.04. The van der Waals surface area contributed by atoms with Crippen molar-refractivity contribution in [1.82, 2.24) is 9.97 Å². The maximum Gasteiger partial charge on any atom is 0.162 e. The maximum absolute atomic E-state index is 13.3. The molecular weight excluding hydrogens is 265 g/mol. The van der Waals surface area contributed by atoms with Gasteiger partial charge in [-0.15, -0.1) is 0 Å². The molecule has 0 saturated heterocycles. The molecule has 3 nitrogen and oxygen atoms in total. The second-order valence-electron chi connectivity index (χ2n) is 5.69. The Balaban J connectivity index is 2.06. The molecule has 1 N–H and O–H groups in total. The average Bonchev–Trinajstić information content (AvgIpc) is 3.01. The van der Waals surface area contributed by atoms with Crippen LogP contribution >= 0.6 is 0 Å². The first-order valence-corrected chi connectivity index (χ1v) is 7.50. The first-order chi connectivity index (χ1) is 10.2. The van der Waals surface area contributed by atoms with E-state index in [1.807, 2.05) is 20.0 Å². The summed E-state index contributed by atoms with van der Waals surface area (Å²) >= 11 is 0. The molecule has 1 saturated carbocycles. The van der Waals surface area contributed by atoms with Crippen LogP contribution in [0.15, 0.2) is 24.3 Å². The summed E-state index contributed by atoms with van der Waals surface area (Å²) in [6.45, 7) is 1.89. The van der Waals surface area contributed by atoms with E-state index in [1.54, 1.807) is 6.07 Å². The van der Waals surface area contributed by atoms with E-state index in [0.29, 0.717) is 11.7 Å². The van der Waals surface area contributed by atoms with Gasteiger partial charge in [0.15, 0.2) is 5.82 Å². The number of hydrogen-bond donors (Lipinski definition) is 1. The molecule has 1 aliphatic carbocycles. The van der Waals surface area contributed by atoms with Gasteiger partial charge in [-0.3, -0.25) is 0 Å².